The monoisotopic (exact) mass is 409 g/mol. The summed E-state index contributed by atoms with van der Waals surface area (Å²) in [6, 6.07) is 27.3. The first-order chi connectivity index (χ1) is 15.7. The van der Waals surface area contributed by atoms with Crippen molar-refractivity contribution in [2.24, 2.45) is 0 Å². The summed E-state index contributed by atoms with van der Waals surface area (Å²) in [4.78, 5) is 4.73. The van der Waals surface area contributed by atoms with Gasteiger partial charge in [0, 0.05) is 17.1 Å². The molecule has 1 aliphatic carbocycles. The Morgan fingerprint density at radius 2 is 1.19 bits per heavy atom. The second-order valence-electron chi connectivity index (χ2n) is 8.02. The van der Waals surface area contributed by atoms with E-state index in [1.165, 1.54) is 5.56 Å². The second-order valence-corrected chi connectivity index (χ2v) is 8.02. The lowest BCUT2D eigenvalue weighted by atomic mass is 9.84. The van der Waals surface area contributed by atoms with E-state index in [0.717, 1.165) is 49.1 Å². The third-order valence-corrected chi connectivity index (χ3v) is 6.12. The Hall–Kier alpha value is -4.37. The summed E-state index contributed by atoms with van der Waals surface area (Å²) in [6.07, 6.45) is 7.43. The fraction of sp³-hybridized carbons (Fsp3) is 0. The molecule has 0 spiro atoms. The van der Waals surface area contributed by atoms with Gasteiger partial charge in [0.2, 0.25) is 0 Å². The van der Waals surface area contributed by atoms with E-state index in [1.807, 2.05) is 30.5 Å². The number of hydrogen-bond acceptors (Lipinski definition) is 3. The summed E-state index contributed by atoms with van der Waals surface area (Å²) >= 11 is 0. The van der Waals surface area contributed by atoms with Crippen LogP contribution in [0.4, 0.5) is 0 Å². The first-order valence-electron chi connectivity index (χ1n) is 10.6. The van der Waals surface area contributed by atoms with Crippen LogP contribution in [0.2, 0.25) is 0 Å². The van der Waals surface area contributed by atoms with E-state index in [2.05, 4.69) is 60.7 Å². The summed E-state index contributed by atoms with van der Waals surface area (Å²) < 4.78 is 0. The predicted molar refractivity (Wildman–Crippen MR) is 135 cm³/mol. The van der Waals surface area contributed by atoms with E-state index in [9.17, 15) is 0 Å². The van der Waals surface area contributed by atoms with Crippen molar-refractivity contribution < 1.29 is 0 Å². The predicted octanol–water partition coefficient (Wildman–Crippen LogP) is 7.20. The first-order valence-corrected chi connectivity index (χ1v) is 10.6. The van der Waals surface area contributed by atoms with Crippen molar-refractivity contribution in [3.8, 4) is 11.1 Å². The van der Waals surface area contributed by atoms with Gasteiger partial charge in [0.15, 0.2) is 0 Å². The minimum atomic E-state index is 0.235. The van der Waals surface area contributed by atoms with Crippen molar-refractivity contribution in [1.82, 2.24) is 4.98 Å². The molecule has 0 atom stereocenters. The highest BCUT2D eigenvalue weighted by Crippen LogP contribution is 2.42. The zero-order valence-corrected chi connectivity index (χ0v) is 17.3. The Labute approximate surface area is 185 Å². The molecule has 0 radical (unpaired) electrons. The molecule has 0 unspecified atom stereocenters. The number of benzene rings is 4. The van der Waals surface area contributed by atoms with Gasteiger partial charge >= 0.3 is 0 Å². The van der Waals surface area contributed by atoms with Crippen molar-refractivity contribution in [3.05, 3.63) is 109 Å². The number of fused-ring (bicyclic) bond motifs is 3. The molecule has 1 aromatic heterocycles. The largest absolute Gasteiger partial charge is 0.299 e. The molecule has 0 aliphatic heterocycles. The number of nitrogens with zero attached hydrogens (tertiary/aromatic N) is 1. The first kappa shape index (κ1) is 18.4. The quantitative estimate of drug-likeness (QED) is 0.235. The lowest BCUT2D eigenvalue weighted by Crippen LogP contribution is -2.10. The van der Waals surface area contributed by atoms with Crippen molar-refractivity contribution in [3.63, 3.8) is 0 Å². The molecule has 150 valence electrons. The Bertz CT molecular complexity index is 1600. The standard InChI is InChI=1S/C29H19N3/c30-25-14-13-19(16-26(25)31)28-21-8-2-4-10-23(21)29(24-11-5-3-9-22(24)28)20-15-18-7-1-6-12-27(18)32-17-20/h1-17,30-31H. The van der Waals surface area contributed by atoms with Crippen LogP contribution in [0.15, 0.2) is 103 Å². The second kappa shape index (κ2) is 7.10. The number of allylic oxidation sites excluding steroid dienone is 4. The van der Waals surface area contributed by atoms with Crippen molar-refractivity contribution in [1.29, 1.82) is 10.8 Å². The number of para-hydroxylation sites is 1. The molecular formula is C29H19N3. The molecule has 3 nitrogen and oxygen atoms in total. The normalized spacial score (nSPS) is 13.8. The van der Waals surface area contributed by atoms with Crippen molar-refractivity contribution in [2.45, 2.75) is 0 Å². The third kappa shape index (κ3) is 2.79. The van der Waals surface area contributed by atoms with Gasteiger partial charge in [-0.05, 0) is 62.5 Å². The van der Waals surface area contributed by atoms with Crippen LogP contribution in [-0.2, 0) is 0 Å². The lowest BCUT2D eigenvalue weighted by molar-refractivity contribution is 1.41. The molecule has 3 heteroatoms. The lowest BCUT2D eigenvalue weighted by Gasteiger charge is -2.19. The van der Waals surface area contributed by atoms with Gasteiger partial charge in [-0.2, -0.15) is 0 Å². The molecule has 4 aromatic carbocycles. The van der Waals surface area contributed by atoms with Crippen LogP contribution in [0.25, 0.3) is 49.1 Å². The average Bonchev–Trinajstić information content (AvgIpc) is 2.84. The van der Waals surface area contributed by atoms with Gasteiger partial charge in [-0.25, -0.2) is 0 Å². The van der Waals surface area contributed by atoms with Crippen LogP contribution in [0, 0.1) is 10.8 Å². The Morgan fingerprint density at radius 1 is 0.594 bits per heavy atom. The number of nitrogens with one attached hydrogen (secondary N) is 2. The number of aromatic nitrogens is 1. The van der Waals surface area contributed by atoms with Gasteiger partial charge < -0.3 is 0 Å². The number of pyridine rings is 1. The topological polar surface area (TPSA) is 60.6 Å². The highest BCUT2D eigenvalue weighted by molar-refractivity contribution is 6.50. The molecule has 0 fully saturated rings. The van der Waals surface area contributed by atoms with Gasteiger partial charge in [0.25, 0.3) is 0 Å². The van der Waals surface area contributed by atoms with Crippen molar-refractivity contribution >= 4 is 49.4 Å². The molecular weight excluding hydrogens is 390 g/mol. The van der Waals surface area contributed by atoms with Gasteiger partial charge in [-0.3, -0.25) is 15.8 Å². The van der Waals surface area contributed by atoms with Crippen LogP contribution < -0.4 is 0 Å². The molecule has 0 amide bonds. The van der Waals surface area contributed by atoms with E-state index in [0.29, 0.717) is 0 Å². The number of rotatable bonds is 2. The maximum Gasteiger partial charge on any atom is 0.0795 e. The minimum absolute atomic E-state index is 0.235. The summed E-state index contributed by atoms with van der Waals surface area (Å²) in [6.45, 7) is 0. The average molecular weight is 409 g/mol. The van der Waals surface area contributed by atoms with E-state index in [4.69, 9.17) is 15.8 Å². The summed E-state index contributed by atoms with van der Waals surface area (Å²) in [5.74, 6) is 0. The zero-order chi connectivity index (χ0) is 21.7. The van der Waals surface area contributed by atoms with Gasteiger partial charge in [0.05, 0.1) is 16.9 Å². The van der Waals surface area contributed by atoms with E-state index in [1.54, 1.807) is 12.2 Å². The molecule has 0 saturated heterocycles. The number of hydrogen-bond donors (Lipinski definition) is 2. The minimum Gasteiger partial charge on any atom is -0.299 e. The zero-order valence-electron chi connectivity index (χ0n) is 17.3. The SMILES string of the molecule is N=C1C=CC(c2c3ccccc3c(-c3cnc4ccccc4c3)c3ccccc23)=CC1=N. The van der Waals surface area contributed by atoms with Crippen LogP contribution in [-0.4, -0.2) is 16.4 Å². The van der Waals surface area contributed by atoms with E-state index >= 15 is 0 Å². The molecule has 1 heterocycles. The third-order valence-electron chi connectivity index (χ3n) is 6.12. The smallest absolute Gasteiger partial charge is 0.0795 e. The maximum atomic E-state index is 8.18. The molecule has 32 heavy (non-hydrogen) atoms. The van der Waals surface area contributed by atoms with Gasteiger partial charge in [-0.1, -0.05) is 72.8 Å². The fourth-order valence-electron chi connectivity index (χ4n) is 4.66. The maximum absolute atomic E-state index is 8.18. The Kier molecular flexibility index (Phi) is 4.08. The molecule has 6 rings (SSSR count). The molecule has 0 bridgehead atoms. The molecule has 2 N–H and O–H groups in total. The summed E-state index contributed by atoms with van der Waals surface area (Å²) in [5, 5.41) is 21.8. The molecule has 0 saturated carbocycles. The van der Waals surface area contributed by atoms with Crippen LogP contribution >= 0.6 is 0 Å². The summed E-state index contributed by atoms with van der Waals surface area (Å²) in [5.41, 5.74) is 5.77. The van der Waals surface area contributed by atoms with Crippen LogP contribution in [0.3, 0.4) is 0 Å². The van der Waals surface area contributed by atoms with Crippen LogP contribution in [0.1, 0.15) is 5.56 Å². The van der Waals surface area contributed by atoms with Gasteiger partial charge in [-0.15, -0.1) is 0 Å². The Balaban J connectivity index is 1.74. The fourth-order valence-corrected chi connectivity index (χ4v) is 4.66. The van der Waals surface area contributed by atoms with Crippen molar-refractivity contribution in [2.75, 3.05) is 0 Å². The highest BCUT2D eigenvalue weighted by atomic mass is 14.6. The highest BCUT2D eigenvalue weighted by Gasteiger charge is 2.19. The van der Waals surface area contributed by atoms with E-state index < -0.39 is 0 Å². The molecule has 1 aliphatic rings. The van der Waals surface area contributed by atoms with Crippen LogP contribution in [0.5, 0.6) is 0 Å². The Morgan fingerprint density at radius 3 is 1.84 bits per heavy atom. The van der Waals surface area contributed by atoms with Gasteiger partial charge in [0.1, 0.15) is 0 Å². The molecule has 5 aromatic rings. The summed E-state index contributed by atoms with van der Waals surface area (Å²) in [7, 11) is 0. The van der Waals surface area contributed by atoms with E-state index in [-0.39, 0.29) is 11.4 Å².